The third kappa shape index (κ3) is 3.83. The molecule has 2 amide bonds. The van der Waals surface area contributed by atoms with Crippen molar-refractivity contribution in [2.75, 3.05) is 24.3 Å². The fourth-order valence-electron chi connectivity index (χ4n) is 2.79. The molecule has 0 fully saturated rings. The number of hydrogen-bond donors (Lipinski definition) is 1. The molecular weight excluding hydrogens is 355 g/mol. The molecule has 2 aromatic carbocycles. The van der Waals surface area contributed by atoms with E-state index in [9.17, 15) is 14.0 Å². The summed E-state index contributed by atoms with van der Waals surface area (Å²) >= 11 is 1.47. The van der Waals surface area contributed by atoms with Gasteiger partial charge in [0.15, 0.2) is 11.6 Å². The second-order valence-electron chi connectivity index (χ2n) is 5.92. The maximum absolute atomic E-state index is 13.8. The number of benzene rings is 2. The summed E-state index contributed by atoms with van der Waals surface area (Å²) in [5.41, 5.74) is 1.37. The number of nitrogens with one attached hydrogen (secondary N) is 1. The van der Waals surface area contributed by atoms with Gasteiger partial charge in [-0.25, -0.2) is 4.39 Å². The van der Waals surface area contributed by atoms with E-state index in [0.29, 0.717) is 11.3 Å². The van der Waals surface area contributed by atoms with Crippen molar-refractivity contribution in [2.45, 2.75) is 17.9 Å². The SMILES string of the molecule is COc1ccc([C@H](C)NC(=O)CN2C(=O)CSc3ccccc32)cc1F. The van der Waals surface area contributed by atoms with E-state index in [-0.39, 0.29) is 24.1 Å². The highest BCUT2D eigenvalue weighted by atomic mass is 32.2. The molecule has 7 heteroatoms. The average molecular weight is 374 g/mol. The highest BCUT2D eigenvalue weighted by Crippen LogP contribution is 2.34. The maximum atomic E-state index is 13.8. The molecule has 1 aliphatic rings. The first-order valence-electron chi connectivity index (χ1n) is 8.14. The summed E-state index contributed by atoms with van der Waals surface area (Å²) in [5, 5.41) is 2.81. The van der Waals surface area contributed by atoms with Gasteiger partial charge in [0.1, 0.15) is 6.54 Å². The minimum Gasteiger partial charge on any atom is -0.494 e. The summed E-state index contributed by atoms with van der Waals surface area (Å²) in [7, 11) is 1.40. The Morgan fingerprint density at radius 3 is 2.85 bits per heavy atom. The van der Waals surface area contributed by atoms with Gasteiger partial charge in [0.05, 0.1) is 24.6 Å². The highest BCUT2D eigenvalue weighted by molar-refractivity contribution is 8.00. The molecular formula is C19H19FN2O3S. The second kappa shape index (κ2) is 7.78. The summed E-state index contributed by atoms with van der Waals surface area (Å²) in [4.78, 5) is 27.1. The predicted octanol–water partition coefficient (Wildman–Crippen LogP) is 3.15. The van der Waals surface area contributed by atoms with Gasteiger partial charge in [-0.2, -0.15) is 0 Å². The standard InChI is InChI=1S/C19H19FN2O3S/c1-12(13-7-8-16(25-2)14(20)9-13)21-18(23)10-22-15-5-3-4-6-17(15)26-11-19(22)24/h3-9,12H,10-11H2,1-2H3,(H,21,23)/t12-/m0/s1. The zero-order valence-electron chi connectivity index (χ0n) is 14.5. The summed E-state index contributed by atoms with van der Waals surface area (Å²) in [6.45, 7) is 1.69. The Labute approximate surface area is 155 Å². The van der Waals surface area contributed by atoms with E-state index >= 15 is 0 Å². The van der Waals surface area contributed by atoms with Crippen molar-refractivity contribution < 1.29 is 18.7 Å². The Morgan fingerprint density at radius 2 is 2.12 bits per heavy atom. The molecule has 0 saturated heterocycles. The van der Waals surface area contributed by atoms with E-state index in [2.05, 4.69) is 5.32 Å². The number of methoxy groups -OCH3 is 1. The molecule has 5 nitrogen and oxygen atoms in total. The number of ether oxygens (including phenoxy) is 1. The third-order valence-electron chi connectivity index (χ3n) is 4.16. The van der Waals surface area contributed by atoms with Crippen LogP contribution in [0.5, 0.6) is 5.75 Å². The number of para-hydroxylation sites is 1. The Morgan fingerprint density at radius 1 is 1.35 bits per heavy atom. The van der Waals surface area contributed by atoms with Crippen molar-refractivity contribution in [3.8, 4) is 5.75 Å². The molecule has 1 N–H and O–H groups in total. The van der Waals surface area contributed by atoms with Crippen molar-refractivity contribution in [1.82, 2.24) is 5.32 Å². The number of fused-ring (bicyclic) bond motifs is 1. The predicted molar refractivity (Wildman–Crippen MR) is 99.0 cm³/mol. The number of carbonyl (C=O) groups is 2. The lowest BCUT2D eigenvalue weighted by Gasteiger charge is -2.28. The first kappa shape index (κ1) is 18.3. The number of amides is 2. The van der Waals surface area contributed by atoms with Gasteiger partial charge in [-0.3, -0.25) is 9.59 Å². The normalized spacial score (nSPS) is 14.6. The summed E-state index contributed by atoms with van der Waals surface area (Å²) in [6, 6.07) is 11.7. The van der Waals surface area contributed by atoms with Crippen LogP contribution in [0.1, 0.15) is 18.5 Å². The van der Waals surface area contributed by atoms with E-state index < -0.39 is 11.9 Å². The van der Waals surface area contributed by atoms with Gasteiger partial charge in [0, 0.05) is 4.90 Å². The number of halogens is 1. The zero-order valence-corrected chi connectivity index (χ0v) is 15.3. The molecule has 26 heavy (non-hydrogen) atoms. The van der Waals surface area contributed by atoms with Gasteiger partial charge in [-0.1, -0.05) is 18.2 Å². The van der Waals surface area contributed by atoms with Gasteiger partial charge < -0.3 is 15.0 Å². The maximum Gasteiger partial charge on any atom is 0.240 e. The van der Waals surface area contributed by atoms with Crippen LogP contribution in [0.4, 0.5) is 10.1 Å². The molecule has 1 atom stereocenters. The number of carbonyl (C=O) groups excluding carboxylic acids is 2. The van der Waals surface area contributed by atoms with Crippen molar-refractivity contribution in [1.29, 1.82) is 0 Å². The minimum atomic E-state index is -0.483. The quantitative estimate of drug-likeness (QED) is 0.874. The lowest BCUT2D eigenvalue weighted by atomic mass is 10.1. The van der Waals surface area contributed by atoms with Gasteiger partial charge in [-0.15, -0.1) is 11.8 Å². The number of thioether (sulfide) groups is 1. The van der Waals surface area contributed by atoms with Crippen molar-refractivity contribution in [3.05, 3.63) is 53.8 Å². The molecule has 0 radical (unpaired) electrons. The Balaban J connectivity index is 1.69. The largest absolute Gasteiger partial charge is 0.494 e. The summed E-state index contributed by atoms with van der Waals surface area (Å²) in [6.07, 6.45) is 0. The molecule has 2 aromatic rings. The van der Waals surface area contributed by atoms with Crippen LogP contribution in [0, 0.1) is 5.82 Å². The van der Waals surface area contributed by atoms with Crippen LogP contribution in [-0.4, -0.2) is 31.2 Å². The van der Waals surface area contributed by atoms with E-state index in [1.165, 1.54) is 35.9 Å². The molecule has 0 aliphatic carbocycles. The second-order valence-corrected chi connectivity index (χ2v) is 6.94. The van der Waals surface area contributed by atoms with Crippen LogP contribution in [0.3, 0.4) is 0 Å². The number of anilines is 1. The zero-order chi connectivity index (χ0) is 18.7. The molecule has 0 bridgehead atoms. The molecule has 1 heterocycles. The van der Waals surface area contributed by atoms with Crippen molar-refractivity contribution in [3.63, 3.8) is 0 Å². The van der Waals surface area contributed by atoms with Gasteiger partial charge in [0.25, 0.3) is 0 Å². The van der Waals surface area contributed by atoms with E-state index in [0.717, 1.165) is 10.6 Å². The van der Waals surface area contributed by atoms with Crippen LogP contribution in [0.15, 0.2) is 47.4 Å². The monoisotopic (exact) mass is 374 g/mol. The van der Waals surface area contributed by atoms with E-state index in [4.69, 9.17) is 4.74 Å². The Bertz CT molecular complexity index is 843. The highest BCUT2D eigenvalue weighted by Gasteiger charge is 2.26. The first-order chi connectivity index (χ1) is 12.5. The van der Waals surface area contributed by atoms with E-state index in [1.807, 2.05) is 24.3 Å². The van der Waals surface area contributed by atoms with Crippen molar-refractivity contribution in [2.24, 2.45) is 0 Å². The van der Waals surface area contributed by atoms with Gasteiger partial charge in [-0.05, 0) is 36.8 Å². The molecule has 0 aromatic heterocycles. The first-order valence-corrected chi connectivity index (χ1v) is 9.13. The van der Waals surface area contributed by atoms with Crippen LogP contribution in [0.2, 0.25) is 0 Å². The van der Waals surface area contributed by atoms with Crippen LogP contribution < -0.4 is 15.0 Å². The smallest absolute Gasteiger partial charge is 0.240 e. The Hall–Kier alpha value is -2.54. The van der Waals surface area contributed by atoms with Crippen LogP contribution in [-0.2, 0) is 9.59 Å². The number of nitrogens with zero attached hydrogens (tertiary/aromatic N) is 1. The van der Waals surface area contributed by atoms with Crippen LogP contribution in [0.25, 0.3) is 0 Å². The molecule has 136 valence electrons. The van der Waals surface area contributed by atoms with Crippen molar-refractivity contribution >= 4 is 29.3 Å². The Kier molecular flexibility index (Phi) is 5.46. The minimum absolute atomic E-state index is 0.0701. The van der Waals surface area contributed by atoms with Gasteiger partial charge >= 0.3 is 0 Å². The fourth-order valence-corrected chi connectivity index (χ4v) is 3.73. The number of rotatable bonds is 5. The molecule has 1 aliphatic heterocycles. The molecule has 0 spiro atoms. The van der Waals surface area contributed by atoms with E-state index in [1.54, 1.807) is 13.0 Å². The lowest BCUT2D eigenvalue weighted by molar-refractivity contribution is -0.123. The molecule has 0 unspecified atom stereocenters. The lowest BCUT2D eigenvalue weighted by Crippen LogP contribution is -2.43. The topological polar surface area (TPSA) is 58.6 Å². The molecule has 3 rings (SSSR count). The van der Waals surface area contributed by atoms with Gasteiger partial charge in [0.2, 0.25) is 11.8 Å². The summed E-state index contributed by atoms with van der Waals surface area (Å²) < 4.78 is 18.7. The number of hydrogen-bond acceptors (Lipinski definition) is 4. The molecule has 0 saturated carbocycles. The fraction of sp³-hybridized carbons (Fsp3) is 0.263. The van der Waals surface area contributed by atoms with Crippen LogP contribution >= 0.6 is 11.8 Å². The summed E-state index contributed by atoms with van der Waals surface area (Å²) in [5.74, 6) is -0.428. The third-order valence-corrected chi connectivity index (χ3v) is 5.21. The average Bonchev–Trinajstić information content (AvgIpc) is 2.64.